The lowest BCUT2D eigenvalue weighted by atomic mass is 9.94. The zero-order valence-electron chi connectivity index (χ0n) is 24.5. The zero-order chi connectivity index (χ0) is 29.7. The summed E-state index contributed by atoms with van der Waals surface area (Å²) in [5.74, 6) is -0.555. The summed E-state index contributed by atoms with van der Waals surface area (Å²) >= 11 is 6.75. The van der Waals surface area contributed by atoms with Gasteiger partial charge in [0, 0.05) is 24.5 Å². The van der Waals surface area contributed by atoms with Crippen molar-refractivity contribution >= 4 is 29.2 Å². The molecule has 2 aromatic carbocycles. The van der Waals surface area contributed by atoms with E-state index in [1.165, 1.54) is 5.57 Å². The first-order valence-electron chi connectivity index (χ1n) is 14.5. The van der Waals surface area contributed by atoms with Gasteiger partial charge in [-0.3, -0.25) is 4.79 Å². The number of hydrogen-bond acceptors (Lipinski definition) is 5. The second-order valence-corrected chi connectivity index (χ2v) is 11.0. The molecule has 0 radical (unpaired) electrons. The van der Waals surface area contributed by atoms with E-state index in [2.05, 4.69) is 23.4 Å². The molecular weight excluding hydrogens is 548 g/mol. The molecular formula is C35H39ClN2O4. The first-order valence-corrected chi connectivity index (χ1v) is 14.9. The van der Waals surface area contributed by atoms with Gasteiger partial charge in [-0.25, -0.2) is 4.79 Å². The van der Waals surface area contributed by atoms with E-state index in [1.807, 2.05) is 79.4 Å². The summed E-state index contributed by atoms with van der Waals surface area (Å²) in [6.07, 6.45) is 18.8. The van der Waals surface area contributed by atoms with Gasteiger partial charge in [0.2, 0.25) is 0 Å². The molecule has 0 atom stereocenters. The Hall–Kier alpha value is -3.90. The van der Waals surface area contributed by atoms with Crippen molar-refractivity contribution in [3.8, 4) is 0 Å². The Morgan fingerprint density at radius 2 is 1.79 bits per heavy atom. The van der Waals surface area contributed by atoms with Crippen molar-refractivity contribution in [2.45, 2.75) is 58.9 Å². The number of esters is 1. The van der Waals surface area contributed by atoms with Gasteiger partial charge in [-0.05, 0) is 74.3 Å². The van der Waals surface area contributed by atoms with Gasteiger partial charge in [0.05, 0.1) is 17.9 Å². The van der Waals surface area contributed by atoms with Crippen LogP contribution in [0.3, 0.4) is 0 Å². The number of allylic oxidation sites excluding steroid dienone is 6. The van der Waals surface area contributed by atoms with Crippen LogP contribution in [0.25, 0.3) is 0 Å². The fraction of sp³-hybridized carbons (Fsp3) is 0.343. The predicted octanol–water partition coefficient (Wildman–Crippen LogP) is 7.63. The molecule has 1 heterocycles. The smallest absolute Gasteiger partial charge is 0.338 e. The fourth-order valence-corrected chi connectivity index (χ4v) is 5.28. The molecule has 7 heteroatoms. The standard InChI is InChI=1S/C35H39ClN2O4/c1-26-21-27(2)34(36)31-22-30(19-13-5-3-4-6-14-20-41-35(40)33(26)31)37-42-25-32(39)38(23-28-15-9-7-10-16-28)24-29-17-11-8-12-18-29/h4,6-11,13,15-17,19,21H,3,5,12,14,18,20,22-25H2,1-2H3/b6-4+,19-13+,37-30-. The van der Waals surface area contributed by atoms with Crippen molar-refractivity contribution in [3.63, 3.8) is 0 Å². The van der Waals surface area contributed by atoms with Crippen LogP contribution in [0.15, 0.2) is 89.7 Å². The number of ether oxygens (including phenoxy) is 1. The molecule has 0 saturated carbocycles. The van der Waals surface area contributed by atoms with Crippen LogP contribution in [0.5, 0.6) is 0 Å². The molecule has 1 aliphatic carbocycles. The molecule has 0 unspecified atom stereocenters. The number of rotatable bonds is 7. The number of benzene rings is 2. The summed E-state index contributed by atoms with van der Waals surface area (Å²) in [5.41, 5.74) is 5.59. The number of amides is 1. The molecule has 2 aliphatic rings. The molecule has 220 valence electrons. The molecule has 4 rings (SSSR count). The van der Waals surface area contributed by atoms with Crippen molar-refractivity contribution < 1.29 is 19.2 Å². The van der Waals surface area contributed by atoms with E-state index in [4.69, 9.17) is 21.2 Å². The Morgan fingerprint density at radius 1 is 1.00 bits per heavy atom. The number of cyclic esters (lactones) is 1. The maximum atomic E-state index is 13.4. The van der Waals surface area contributed by atoms with Crippen LogP contribution in [-0.4, -0.2) is 42.2 Å². The highest BCUT2D eigenvalue weighted by Crippen LogP contribution is 2.29. The Labute approximate surface area is 254 Å². The fourth-order valence-electron chi connectivity index (χ4n) is 5.07. The Kier molecular flexibility index (Phi) is 11.8. The summed E-state index contributed by atoms with van der Waals surface area (Å²) in [6, 6.07) is 11.8. The Morgan fingerprint density at radius 3 is 2.57 bits per heavy atom. The number of nitrogens with zero attached hydrogens (tertiary/aromatic N) is 2. The van der Waals surface area contributed by atoms with E-state index in [1.54, 1.807) is 0 Å². The van der Waals surface area contributed by atoms with Crippen LogP contribution in [0, 0.1) is 13.8 Å². The van der Waals surface area contributed by atoms with Gasteiger partial charge in [-0.15, -0.1) is 0 Å². The summed E-state index contributed by atoms with van der Waals surface area (Å²) in [5, 5.41) is 4.88. The SMILES string of the molecule is Cc1cc(C)c2c(c1Cl)CC(=N\OCC(=O)N(CC1=CC=CCC1)Cc1ccccc1)/C=C/CC/C=C/CCOC2=O. The van der Waals surface area contributed by atoms with Crippen molar-refractivity contribution in [2.75, 3.05) is 19.8 Å². The molecule has 2 aromatic rings. The van der Waals surface area contributed by atoms with Crippen LogP contribution in [0.4, 0.5) is 0 Å². The molecule has 0 spiro atoms. The lowest BCUT2D eigenvalue weighted by molar-refractivity contribution is -0.136. The average molecular weight is 587 g/mol. The summed E-state index contributed by atoms with van der Waals surface area (Å²) in [6.45, 7) is 4.91. The van der Waals surface area contributed by atoms with Crippen LogP contribution in [0.1, 0.15) is 64.7 Å². The molecule has 42 heavy (non-hydrogen) atoms. The van der Waals surface area contributed by atoms with Crippen LogP contribution < -0.4 is 0 Å². The minimum atomic E-state index is -0.405. The minimum absolute atomic E-state index is 0.151. The van der Waals surface area contributed by atoms with Gasteiger partial charge < -0.3 is 14.5 Å². The maximum absolute atomic E-state index is 13.4. The third-order valence-electron chi connectivity index (χ3n) is 7.23. The normalized spacial score (nSPS) is 18.3. The molecule has 1 aliphatic heterocycles. The Balaban J connectivity index is 1.56. The zero-order valence-corrected chi connectivity index (χ0v) is 25.2. The predicted molar refractivity (Wildman–Crippen MR) is 169 cm³/mol. The Bertz CT molecular complexity index is 1410. The van der Waals surface area contributed by atoms with E-state index in [0.29, 0.717) is 48.0 Å². The molecule has 0 bridgehead atoms. The van der Waals surface area contributed by atoms with Gasteiger partial charge in [-0.2, -0.15) is 0 Å². The summed E-state index contributed by atoms with van der Waals surface area (Å²) in [4.78, 5) is 34.0. The highest BCUT2D eigenvalue weighted by Gasteiger charge is 2.22. The number of hydrogen-bond donors (Lipinski definition) is 0. The molecule has 0 saturated heterocycles. The highest BCUT2D eigenvalue weighted by molar-refractivity contribution is 6.33. The second kappa shape index (κ2) is 15.9. The topological polar surface area (TPSA) is 68.2 Å². The number of halogens is 1. The van der Waals surface area contributed by atoms with Crippen LogP contribution in [0.2, 0.25) is 5.02 Å². The van der Waals surface area contributed by atoms with Gasteiger partial charge in [0.25, 0.3) is 5.91 Å². The minimum Gasteiger partial charge on any atom is -0.462 e. The highest BCUT2D eigenvalue weighted by atomic mass is 35.5. The number of carbonyl (C=O) groups excluding carboxylic acids is 2. The van der Waals surface area contributed by atoms with E-state index in [9.17, 15) is 9.59 Å². The van der Waals surface area contributed by atoms with Gasteiger partial charge in [0.1, 0.15) is 0 Å². The van der Waals surface area contributed by atoms with E-state index in [0.717, 1.165) is 42.4 Å². The van der Waals surface area contributed by atoms with Crippen molar-refractivity contribution in [3.05, 3.63) is 117 Å². The molecule has 0 N–H and O–H groups in total. The van der Waals surface area contributed by atoms with Crippen molar-refractivity contribution in [2.24, 2.45) is 5.16 Å². The molecule has 1 amide bonds. The first-order chi connectivity index (χ1) is 20.4. The second-order valence-electron chi connectivity index (χ2n) is 10.6. The van der Waals surface area contributed by atoms with Crippen LogP contribution >= 0.6 is 11.6 Å². The van der Waals surface area contributed by atoms with Gasteiger partial charge in [-0.1, -0.05) is 95.2 Å². The molecule has 6 nitrogen and oxygen atoms in total. The summed E-state index contributed by atoms with van der Waals surface area (Å²) < 4.78 is 5.58. The quantitative estimate of drug-likeness (QED) is 0.190. The van der Waals surface area contributed by atoms with Gasteiger partial charge >= 0.3 is 5.97 Å². The summed E-state index contributed by atoms with van der Waals surface area (Å²) in [7, 11) is 0. The van der Waals surface area contributed by atoms with E-state index < -0.39 is 5.97 Å². The van der Waals surface area contributed by atoms with Crippen molar-refractivity contribution in [1.82, 2.24) is 4.90 Å². The first kappa shape index (κ1) is 31.0. The number of carbonyl (C=O) groups is 2. The lowest BCUT2D eigenvalue weighted by Gasteiger charge is -2.24. The van der Waals surface area contributed by atoms with Gasteiger partial charge in [0.15, 0.2) is 6.61 Å². The largest absolute Gasteiger partial charge is 0.462 e. The third-order valence-corrected chi connectivity index (χ3v) is 7.76. The lowest BCUT2D eigenvalue weighted by Crippen LogP contribution is -2.35. The molecule has 0 fully saturated rings. The number of aryl methyl sites for hydroxylation is 2. The van der Waals surface area contributed by atoms with E-state index in [-0.39, 0.29) is 18.9 Å². The van der Waals surface area contributed by atoms with E-state index >= 15 is 0 Å². The maximum Gasteiger partial charge on any atom is 0.338 e. The average Bonchev–Trinajstić information content (AvgIpc) is 2.99. The van der Waals surface area contributed by atoms with Crippen LogP contribution in [-0.2, 0) is 27.3 Å². The molecule has 0 aromatic heterocycles. The van der Waals surface area contributed by atoms with Crippen molar-refractivity contribution in [1.29, 1.82) is 0 Å². The monoisotopic (exact) mass is 586 g/mol. The number of oxime groups is 1. The number of fused-ring (bicyclic) bond motifs is 1. The third kappa shape index (κ3) is 9.05.